The molecular formula is C17H16N2O2. The molecule has 4 heteroatoms. The van der Waals surface area contributed by atoms with E-state index in [4.69, 9.17) is 10.00 Å². The van der Waals surface area contributed by atoms with E-state index < -0.39 is 0 Å². The number of anilines is 1. The van der Waals surface area contributed by atoms with Crippen molar-refractivity contribution in [3.05, 3.63) is 59.7 Å². The molecule has 2 aromatic rings. The van der Waals surface area contributed by atoms with Gasteiger partial charge in [-0.1, -0.05) is 36.4 Å². The number of nitrogens with one attached hydrogen (secondary N) is 1. The average molecular weight is 280 g/mol. The van der Waals surface area contributed by atoms with Gasteiger partial charge in [-0.25, -0.2) is 0 Å². The molecule has 1 N–H and O–H groups in total. The number of hydrogen-bond donors (Lipinski definition) is 1. The molecule has 21 heavy (non-hydrogen) atoms. The van der Waals surface area contributed by atoms with Gasteiger partial charge in [-0.05, 0) is 24.6 Å². The van der Waals surface area contributed by atoms with Crippen LogP contribution in [0.25, 0.3) is 0 Å². The van der Waals surface area contributed by atoms with Gasteiger partial charge >= 0.3 is 0 Å². The molecule has 4 nitrogen and oxygen atoms in total. The zero-order chi connectivity index (χ0) is 15.2. The van der Waals surface area contributed by atoms with Crippen molar-refractivity contribution in [2.45, 2.75) is 12.8 Å². The van der Waals surface area contributed by atoms with E-state index in [1.165, 1.54) is 7.11 Å². The van der Waals surface area contributed by atoms with Gasteiger partial charge in [0.05, 0.1) is 18.6 Å². The van der Waals surface area contributed by atoms with Crippen molar-refractivity contribution in [2.24, 2.45) is 0 Å². The molecule has 1 amide bonds. The molecule has 0 saturated carbocycles. The molecule has 0 aliphatic carbocycles. The van der Waals surface area contributed by atoms with Gasteiger partial charge in [-0.15, -0.1) is 0 Å². The van der Waals surface area contributed by atoms with E-state index in [1.54, 1.807) is 18.2 Å². The number of carbonyl (C=O) groups excluding carboxylic acids is 1. The highest BCUT2D eigenvalue weighted by Gasteiger charge is 2.18. The van der Waals surface area contributed by atoms with E-state index in [-0.39, 0.29) is 11.8 Å². The molecule has 0 aromatic heterocycles. The number of hydrogen-bond acceptors (Lipinski definition) is 3. The topological polar surface area (TPSA) is 62.1 Å². The molecule has 0 heterocycles. The van der Waals surface area contributed by atoms with Crippen LogP contribution in [0.3, 0.4) is 0 Å². The van der Waals surface area contributed by atoms with Gasteiger partial charge in [0.2, 0.25) is 5.91 Å². The van der Waals surface area contributed by atoms with Gasteiger partial charge in [-0.2, -0.15) is 5.26 Å². The number of nitriles is 1. The maximum atomic E-state index is 12.4. The second-order valence-electron chi connectivity index (χ2n) is 4.62. The Kier molecular flexibility index (Phi) is 4.57. The first kappa shape index (κ1) is 14.6. The predicted molar refractivity (Wildman–Crippen MR) is 81.2 cm³/mol. The van der Waals surface area contributed by atoms with Crippen molar-refractivity contribution in [1.82, 2.24) is 0 Å². The van der Waals surface area contributed by atoms with E-state index in [2.05, 4.69) is 11.4 Å². The van der Waals surface area contributed by atoms with Gasteiger partial charge in [0.25, 0.3) is 0 Å². The normalized spacial score (nSPS) is 11.3. The van der Waals surface area contributed by atoms with Crippen LogP contribution in [-0.2, 0) is 4.79 Å². The molecule has 0 bridgehead atoms. The zero-order valence-electron chi connectivity index (χ0n) is 12.0. The van der Waals surface area contributed by atoms with Crippen molar-refractivity contribution in [3.63, 3.8) is 0 Å². The minimum atomic E-state index is -0.317. The van der Waals surface area contributed by atoms with E-state index in [9.17, 15) is 4.79 Å². The Morgan fingerprint density at radius 2 is 1.90 bits per heavy atom. The summed E-state index contributed by atoms with van der Waals surface area (Å²) in [6.07, 6.45) is 0. The molecule has 2 rings (SSSR count). The molecular weight excluding hydrogens is 264 g/mol. The Morgan fingerprint density at radius 3 is 2.52 bits per heavy atom. The first-order valence-corrected chi connectivity index (χ1v) is 6.60. The Hall–Kier alpha value is -2.80. The fourth-order valence-electron chi connectivity index (χ4n) is 2.05. The first-order chi connectivity index (χ1) is 10.2. The molecule has 1 unspecified atom stereocenters. The van der Waals surface area contributed by atoms with Crippen LogP contribution >= 0.6 is 0 Å². The lowest BCUT2D eigenvalue weighted by Gasteiger charge is -2.15. The SMILES string of the molecule is COc1cccc(C#N)c1NC(=O)C(C)c1ccccc1. The molecule has 0 aliphatic heterocycles. The van der Waals surface area contributed by atoms with Crippen molar-refractivity contribution >= 4 is 11.6 Å². The number of rotatable bonds is 4. The van der Waals surface area contributed by atoms with Crippen LogP contribution in [0.5, 0.6) is 5.75 Å². The van der Waals surface area contributed by atoms with E-state index in [0.717, 1.165) is 5.56 Å². The predicted octanol–water partition coefficient (Wildman–Crippen LogP) is 3.31. The summed E-state index contributed by atoms with van der Waals surface area (Å²) < 4.78 is 5.21. The number of amides is 1. The third kappa shape index (κ3) is 3.21. The molecule has 1 atom stereocenters. The molecule has 0 spiro atoms. The highest BCUT2D eigenvalue weighted by atomic mass is 16.5. The van der Waals surface area contributed by atoms with Crippen LogP contribution in [0.15, 0.2) is 48.5 Å². The summed E-state index contributed by atoms with van der Waals surface area (Å²) >= 11 is 0. The number of benzene rings is 2. The maximum Gasteiger partial charge on any atom is 0.231 e. The molecule has 106 valence electrons. The largest absolute Gasteiger partial charge is 0.495 e. The standard InChI is InChI=1S/C17H16N2O2/c1-12(13-7-4-3-5-8-13)17(20)19-16-14(11-18)9-6-10-15(16)21-2/h3-10,12H,1-2H3,(H,19,20). The molecule has 0 radical (unpaired) electrons. The molecule has 0 saturated heterocycles. The fourth-order valence-corrected chi connectivity index (χ4v) is 2.05. The third-order valence-electron chi connectivity index (χ3n) is 3.31. The van der Waals surface area contributed by atoms with Crippen molar-refractivity contribution in [3.8, 4) is 11.8 Å². The highest BCUT2D eigenvalue weighted by molar-refractivity contribution is 5.98. The summed E-state index contributed by atoms with van der Waals surface area (Å²) in [5, 5.41) is 11.9. The number of ether oxygens (including phenoxy) is 1. The van der Waals surface area contributed by atoms with E-state index in [1.807, 2.05) is 37.3 Å². The first-order valence-electron chi connectivity index (χ1n) is 6.60. The smallest absolute Gasteiger partial charge is 0.231 e. The summed E-state index contributed by atoms with van der Waals surface area (Å²) in [4.78, 5) is 12.4. The monoisotopic (exact) mass is 280 g/mol. The highest BCUT2D eigenvalue weighted by Crippen LogP contribution is 2.29. The van der Waals surface area contributed by atoms with Gasteiger partial charge < -0.3 is 10.1 Å². The van der Waals surface area contributed by atoms with Crippen LogP contribution in [0.1, 0.15) is 24.0 Å². The Bertz CT molecular complexity index is 675. The third-order valence-corrected chi connectivity index (χ3v) is 3.31. The van der Waals surface area contributed by atoms with Gasteiger partial charge in [-0.3, -0.25) is 4.79 Å². The van der Waals surface area contributed by atoms with Gasteiger partial charge in [0.15, 0.2) is 0 Å². The summed E-state index contributed by atoms with van der Waals surface area (Å²) in [5.74, 6) is -0.0208. The van der Waals surface area contributed by atoms with Crippen molar-refractivity contribution in [2.75, 3.05) is 12.4 Å². The average Bonchev–Trinajstić information content (AvgIpc) is 2.55. The minimum absolute atomic E-state index is 0.179. The van der Waals surface area contributed by atoms with Crippen molar-refractivity contribution in [1.29, 1.82) is 5.26 Å². The molecule has 0 fully saturated rings. The van der Waals surface area contributed by atoms with Crippen LogP contribution < -0.4 is 10.1 Å². The second-order valence-corrected chi connectivity index (χ2v) is 4.62. The van der Waals surface area contributed by atoms with Gasteiger partial charge in [0, 0.05) is 0 Å². The summed E-state index contributed by atoms with van der Waals surface area (Å²) in [7, 11) is 1.51. The zero-order valence-corrected chi connectivity index (χ0v) is 12.0. The second kappa shape index (κ2) is 6.58. The number of nitrogens with zero attached hydrogens (tertiary/aromatic N) is 1. The number of methoxy groups -OCH3 is 1. The van der Waals surface area contributed by atoms with E-state index >= 15 is 0 Å². The molecule has 2 aromatic carbocycles. The number of para-hydroxylation sites is 1. The fraction of sp³-hybridized carbons (Fsp3) is 0.176. The molecule has 0 aliphatic rings. The quantitative estimate of drug-likeness (QED) is 0.934. The van der Waals surface area contributed by atoms with Crippen LogP contribution in [-0.4, -0.2) is 13.0 Å². The Morgan fingerprint density at radius 1 is 1.19 bits per heavy atom. The van der Waals surface area contributed by atoms with Crippen molar-refractivity contribution < 1.29 is 9.53 Å². The Labute approximate surface area is 124 Å². The van der Waals surface area contributed by atoms with Crippen LogP contribution in [0, 0.1) is 11.3 Å². The lowest BCUT2D eigenvalue weighted by atomic mass is 10.00. The summed E-state index contributed by atoms with van der Waals surface area (Å²) in [5.41, 5.74) is 1.71. The summed E-state index contributed by atoms with van der Waals surface area (Å²) in [6, 6.07) is 16.6. The maximum absolute atomic E-state index is 12.4. The van der Waals surface area contributed by atoms with Crippen LogP contribution in [0.4, 0.5) is 5.69 Å². The minimum Gasteiger partial charge on any atom is -0.495 e. The lowest BCUT2D eigenvalue weighted by molar-refractivity contribution is -0.117. The number of carbonyl (C=O) groups is 1. The van der Waals surface area contributed by atoms with E-state index in [0.29, 0.717) is 17.0 Å². The summed E-state index contributed by atoms with van der Waals surface area (Å²) in [6.45, 7) is 1.83. The lowest BCUT2D eigenvalue weighted by Crippen LogP contribution is -2.20. The van der Waals surface area contributed by atoms with Gasteiger partial charge in [0.1, 0.15) is 17.5 Å². The van der Waals surface area contributed by atoms with Crippen LogP contribution in [0.2, 0.25) is 0 Å². The Balaban J connectivity index is 2.26.